The monoisotopic (exact) mass is 240 g/mol. The second-order valence-electron chi connectivity index (χ2n) is 5.59. The van der Waals surface area contributed by atoms with Crippen LogP contribution in [-0.4, -0.2) is 50.8 Å². The molecule has 0 bridgehead atoms. The highest BCUT2D eigenvalue weighted by molar-refractivity contribution is 4.74. The molecule has 0 saturated carbocycles. The summed E-state index contributed by atoms with van der Waals surface area (Å²) in [5.41, 5.74) is 0. The molecular formula is C14H28N2O. The Morgan fingerprint density at radius 1 is 1.00 bits per heavy atom. The lowest BCUT2D eigenvalue weighted by Gasteiger charge is -2.31. The maximum Gasteiger partial charge on any atom is 0.0469 e. The van der Waals surface area contributed by atoms with Crippen LogP contribution >= 0.6 is 0 Å². The van der Waals surface area contributed by atoms with Gasteiger partial charge in [0.25, 0.3) is 0 Å². The molecule has 0 aliphatic carbocycles. The summed E-state index contributed by atoms with van der Waals surface area (Å²) >= 11 is 0. The van der Waals surface area contributed by atoms with E-state index < -0.39 is 0 Å². The number of piperidine rings is 1. The molecule has 2 aliphatic rings. The lowest BCUT2D eigenvalue weighted by molar-refractivity contribution is 0.0657. The van der Waals surface area contributed by atoms with Gasteiger partial charge in [-0.25, -0.2) is 0 Å². The van der Waals surface area contributed by atoms with Gasteiger partial charge in [0, 0.05) is 13.2 Å². The molecule has 2 fully saturated rings. The van der Waals surface area contributed by atoms with Gasteiger partial charge in [-0.2, -0.15) is 0 Å². The Balaban J connectivity index is 1.53. The summed E-state index contributed by atoms with van der Waals surface area (Å²) in [4.78, 5) is 2.56. The first-order valence-electron chi connectivity index (χ1n) is 7.39. The highest BCUT2D eigenvalue weighted by atomic mass is 16.5. The van der Waals surface area contributed by atoms with Crippen LogP contribution in [-0.2, 0) is 4.74 Å². The van der Waals surface area contributed by atoms with Gasteiger partial charge in [0.15, 0.2) is 0 Å². The summed E-state index contributed by atoms with van der Waals surface area (Å²) in [5, 5.41) is 3.68. The van der Waals surface area contributed by atoms with E-state index in [-0.39, 0.29) is 0 Å². The maximum atomic E-state index is 5.39. The molecule has 0 unspecified atom stereocenters. The van der Waals surface area contributed by atoms with E-state index in [1.165, 1.54) is 58.4 Å². The normalized spacial score (nSPS) is 25.2. The van der Waals surface area contributed by atoms with E-state index in [9.17, 15) is 0 Å². The number of hydrogen-bond donors (Lipinski definition) is 1. The molecule has 2 aliphatic heterocycles. The van der Waals surface area contributed by atoms with Gasteiger partial charge in [-0.3, -0.25) is 0 Å². The van der Waals surface area contributed by atoms with Crippen LogP contribution in [0.3, 0.4) is 0 Å². The van der Waals surface area contributed by atoms with Crippen LogP contribution in [0, 0.1) is 11.8 Å². The highest BCUT2D eigenvalue weighted by Gasteiger charge is 2.18. The van der Waals surface area contributed by atoms with Gasteiger partial charge in [-0.1, -0.05) is 6.92 Å². The van der Waals surface area contributed by atoms with Gasteiger partial charge in [0.05, 0.1) is 0 Å². The second kappa shape index (κ2) is 7.34. The SMILES string of the molecule is CCN1CCC(CNCC2CCOCC2)CC1. The molecular weight excluding hydrogens is 212 g/mol. The Morgan fingerprint density at radius 2 is 1.59 bits per heavy atom. The highest BCUT2D eigenvalue weighted by Crippen LogP contribution is 2.17. The first kappa shape index (κ1) is 13.3. The van der Waals surface area contributed by atoms with Crippen molar-refractivity contribution in [1.82, 2.24) is 10.2 Å². The van der Waals surface area contributed by atoms with E-state index in [2.05, 4.69) is 17.1 Å². The van der Waals surface area contributed by atoms with Crippen molar-refractivity contribution in [2.45, 2.75) is 32.6 Å². The van der Waals surface area contributed by atoms with Crippen molar-refractivity contribution in [2.24, 2.45) is 11.8 Å². The molecule has 3 heteroatoms. The fourth-order valence-electron chi connectivity index (χ4n) is 2.95. The summed E-state index contributed by atoms with van der Waals surface area (Å²) in [6.45, 7) is 10.5. The lowest BCUT2D eigenvalue weighted by Crippen LogP contribution is -2.38. The number of hydrogen-bond acceptors (Lipinski definition) is 3. The molecule has 2 heterocycles. The van der Waals surface area contributed by atoms with Crippen molar-refractivity contribution in [3.05, 3.63) is 0 Å². The average molecular weight is 240 g/mol. The fourth-order valence-corrected chi connectivity index (χ4v) is 2.95. The minimum atomic E-state index is 0.861. The molecule has 0 amide bonds. The van der Waals surface area contributed by atoms with Crippen molar-refractivity contribution < 1.29 is 4.74 Å². The average Bonchev–Trinajstić information content (AvgIpc) is 2.41. The maximum absolute atomic E-state index is 5.39. The summed E-state index contributed by atoms with van der Waals surface area (Å²) in [5.74, 6) is 1.78. The standard InChI is InChI=1S/C14H28N2O/c1-2-16-7-3-13(4-8-16)11-15-12-14-5-9-17-10-6-14/h13-15H,2-12H2,1H3. The van der Waals surface area contributed by atoms with Gasteiger partial charge >= 0.3 is 0 Å². The van der Waals surface area contributed by atoms with E-state index >= 15 is 0 Å². The van der Waals surface area contributed by atoms with Crippen molar-refractivity contribution in [1.29, 1.82) is 0 Å². The topological polar surface area (TPSA) is 24.5 Å². The molecule has 0 aromatic rings. The predicted octanol–water partition coefficient (Wildman–Crippen LogP) is 1.73. The molecule has 0 radical (unpaired) electrons. The van der Waals surface area contributed by atoms with Crippen molar-refractivity contribution in [3.63, 3.8) is 0 Å². The number of ether oxygens (including phenoxy) is 1. The minimum Gasteiger partial charge on any atom is -0.381 e. The zero-order valence-electron chi connectivity index (χ0n) is 11.3. The van der Waals surface area contributed by atoms with Gasteiger partial charge in [0.2, 0.25) is 0 Å². The zero-order chi connectivity index (χ0) is 11.9. The Hall–Kier alpha value is -0.120. The molecule has 0 spiro atoms. The first-order chi connectivity index (χ1) is 8.38. The molecule has 0 aromatic heterocycles. The van der Waals surface area contributed by atoms with Gasteiger partial charge in [-0.05, 0) is 70.2 Å². The third kappa shape index (κ3) is 4.57. The summed E-state index contributed by atoms with van der Waals surface area (Å²) in [7, 11) is 0. The predicted molar refractivity (Wildman–Crippen MR) is 71.3 cm³/mol. The van der Waals surface area contributed by atoms with E-state index in [1.54, 1.807) is 0 Å². The van der Waals surface area contributed by atoms with Crippen LogP contribution < -0.4 is 5.32 Å². The van der Waals surface area contributed by atoms with E-state index in [0.717, 1.165) is 25.0 Å². The van der Waals surface area contributed by atoms with E-state index in [4.69, 9.17) is 4.74 Å². The number of nitrogens with zero attached hydrogens (tertiary/aromatic N) is 1. The number of likely N-dealkylation sites (tertiary alicyclic amines) is 1. The second-order valence-corrected chi connectivity index (χ2v) is 5.59. The van der Waals surface area contributed by atoms with Crippen LogP contribution in [0.5, 0.6) is 0 Å². The molecule has 0 aromatic carbocycles. The molecule has 17 heavy (non-hydrogen) atoms. The largest absolute Gasteiger partial charge is 0.381 e. The molecule has 3 nitrogen and oxygen atoms in total. The summed E-state index contributed by atoms with van der Waals surface area (Å²) in [6, 6.07) is 0. The van der Waals surface area contributed by atoms with Crippen LogP contribution in [0.1, 0.15) is 32.6 Å². The number of rotatable bonds is 5. The van der Waals surface area contributed by atoms with E-state index in [1.807, 2.05) is 0 Å². The number of nitrogens with one attached hydrogen (secondary N) is 1. The van der Waals surface area contributed by atoms with Gasteiger partial charge < -0.3 is 15.0 Å². The smallest absolute Gasteiger partial charge is 0.0469 e. The first-order valence-corrected chi connectivity index (χ1v) is 7.39. The quantitative estimate of drug-likeness (QED) is 0.792. The van der Waals surface area contributed by atoms with Crippen molar-refractivity contribution >= 4 is 0 Å². The minimum absolute atomic E-state index is 0.861. The zero-order valence-corrected chi connectivity index (χ0v) is 11.3. The van der Waals surface area contributed by atoms with Crippen molar-refractivity contribution in [3.8, 4) is 0 Å². The Labute approximate surface area is 106 Å². The molecule has 0 atom stereocenters. The molecule has 2 rings (SSSR count). The molecule has 100 valence electrons. The molecule has 2 saturated heterocycles. The van der Waals surface area contributed by atoms with E-state index in [0.29, 0.717) is 0 Å². The third-order valence-corrected chi connectivity index (χ3v) is 4.36. The Bertz CT molecular complexity index is 196. The lowest BCUT2D eigenvalue weighted by atomic mass is 9.96. The van der Waals surface area contributed by atoms with Gasteiger partial charge in [0.1, 0.15) is 0 Å². The Kier molecular flexibility index (Phi) is 5.75. The molecule has 1 N–H and O–H groups in total. The van der Waals surface area contributed by atoms with Crippen LogP contribution in [0.4, 0.5) is 0 Å². The van der Waals surface area contributed by atoms with Crippen LogP contribution in [0.2, 0.25) is 0 Å². The Morgan fingerprint density at radius 3 is 2.18 bits per heavy atom. The summed E-state index contributed by atoms with van der Waals surface area (Å²) in [6.07, 6.45) is 5.27. The van der Waals surface area contributed by atoms with Gasteiger partial charge in [-0.15, -0.1) is 0 Å². The van der Waals surface area contributed by atoms with Crippen LogP contribution in [0.25, 0.3) is 0 Å². The third-order valence-electron chi connectivity index (χ3n) is 4.36. The van der Waals surface area contributed by atoms with Crippen LogP contribution in [0.15, 0.2) is 0 Å². The fraction of sp³-hybridized carbons (Fsp3) is 1.00. The van der Waals surface area contributed by atoms with Crippen molar-refractivity contribution in [2.75, 3.05) is 45.9 Å². The summed E-state index contributed by atoms with van der Waals surface area (Å²) < 4.78 is 5.39.